The van der Waals surface area contributed by atoms with Gasteiger partial charge in [-0.05, 0) is 55.3 Å². The standard InChI is InChI=1S/C18H25NO2/c1-11-9-20-15-7-6-12(8-16(15)21-10-11)18(19-2)17-13-4-3-5-14(13)17/h6-8,11,13-14,17-19H,3-5,9-10H2,1-2H3. The van der Waals surface area contributed by atoms with Crippen LogP contribution in [0.25, 0.3) is 0 Å². The summed E-state index contributed by atoms with van der Waals surface area (Å²) in [5.41, 5.74) is 1.36. The molecule has 1 aromatic carbocycles. The molecule has 3 heteroatoms. The van der Waals surface area contributed by atoms with E-state index in [1.807, 2.05) is 0 Å². The third-order valence-corrected chi connectivity index (χ3v) is 5.54. The van der Waals surface area contributed by atoms with Gasteiger partial charge in [0.1, 0.15) is 0 Å². The largest absolute Gasteiger partial charge is 0.489 e. The van der Waals surface area contributed by atoms with Crippen molar-refractivity contribution in [1.29, 1.82) is 0 Å². The van der Waals surface area contributed by atoms with Crippen molar-refractivity contribution < 1.29 is 9.47 Å². The van der Waals surface area contributed by atoms with Crippen LogP contribution in [0.2, 0.25) is 0 Å². The van der Waals surface area contributed by atoms with Crippen LogP contribution in [0.1, 0.15) is 37.8 Å². The van der Waals surface area contributed by atoms with Crippen LogP contribution in [0.4, 0.5) is 0 Å². The van der Waals surface area contributed by atoms with Gasteiger partial charge < -0.3 is 14.8 Å². The van der Waals surface area contributed by atoms with Crippen molar-refractivity contribution in [3.63, 3.8) is 0 Å². The summed E-state index contributed by atoms with van der Waals surface area (Å²) < 4.78 is 11.8. The summed E-state index contributed by atoms with van der Waals surface area (Å²) in [4.78, 5) is 0. The Morgan fingerprint density at radius 1 is 1.10 bits per heavy atom. The number of fused-ring (bicyclic) bond motifs is 2. The molecule has 4 atom stereocenters. The maximum absolute atomic E-state index is 5.94. The number of ether oxygens (including phenoxy) is 2. The minimum Gasteiger partial charge on any atom is -0.489 e. The van der Waals surface area contributed by atoms with Crippen molar-refractivity contribution in [2.24, 2.45) is 23.7 Å². The van der Waals surface area contributed by atoms with Crippen LogP contribution in [0.3, 0.4) is 0 Å². The van der Waals surface area contributed by atoms with Crippen molar-refractivity contribution in [3.8, 4) is 11.5 Å². The summed E-state index contributed by atoms with van der Waals surface area (Å²) in [6.07, 6.45) is 4.28. The van der Waals surface area contributed by atoms with Crippen LogP contribution in [0.15, 0.2) is 18.2 Å². The van der Waals surface area contributed by atoms with Crippen LogP contribution < -0.4 is 14.8 Å². The summed E-state index contributed by atoms with van der Waals surface area (Å²) in [5, 5.41) is 3.54. The van der Waals surface area contributed by atoms with Gasteiger partial charge in [-0.1, -0.05) is 19.4 Å². The van der Waals surface area contributed by atoms with Crippen molar-refractivity contribution in [3.05, 3.63) is 23.8 Å². The number of hydrogen-bond donors (Lipinski definition) is 1. The highest BCUT2D eigenvalue weighted by molar-refractivity contribution is 5.45. The van der Waals surface area contributed by atoms with E-state index in [-0.39, 0.29) is 0 Å². The second kappa shape index (κ2) is 5.20. The Balaban J connectivity index is 1.57. The lowest BCUT2D eigenvalue weighted by molar-refractivity contribution is 0.228. The van der Waals surface area contributed by atoms with Gasteiger partial charge in [-0.15, -0.1) is 0 Å². The van der Waals surface area contributed by atoms with Crippen molar-refractivity contribution in [1.82, 2.24) is 5.32 Å². The van der Waals surface area contributed by atoms with E-state index in [1.54, 1.807) is 0 Å². The van der Waals surface area contributed by atoms with E-state index in [9.17, 15) is 0 Å². The van der Waals surface area contributed by atoms with E-state index >= 15 is 0 Å². The number of benzene rings is 1. The molecule has 0 bridgehead atoms. The Morgan fingerprint density at radius 2 is 1.81 bits per heavy atom. The summed E-state index contributed by atoms with van der Waals surface area (Å²) in [6, 6.07) is 6.97. The van der Waals surface area contributed by atoms with Gasteiger partial charge in [-0.3, -0.25) is 0 Å². The van der Waals surface area contributed by atoms with Gasteiger partial charge in [-0.2, -0.15) is 0 Å². The van der Waals surface area contributed by atoms with Crippen LogP contribution in [-0.4, -0.2) is 20.3 Å². The molecule has 1 heterocycles. The van der Waals surface area contributed by atoms with Crippen molar-refractivity contribution >= 4 is 0 Å². The van der Waals surface area contributed by atoms with Crippen LogP contribution in [-0.2, 0) is 0 Å². The van der Waals surface area contributed by atoms with E-state index in [4.69, 9.17) is 9.47 Å². The number of nitrogens with one attached hydrogen (secondary N) is 1. The molecule has 1 N–H and O–H groups in total. The molecule has 3 aliphatic rings. The SMILES string of the molecule is CNC(c1ccc2c(c1)OCC(C)CO2)C1C2CCCC21. The molecule has 0 spiro atoms. The zero-order valence-corrected chi connectivity index (χ0v) is 13.0. The molecule has 3 nitrogen and oxygen atoms in total. The summed E-state index contributed by atoms with van der Waals surface area (Å²) in [5.74, 6) is 5.00. The summed E-state index contributed by atoms with van der Waals surface area (Å²) in [7, 11) is 2.09. The van der Waals surface area contributed by atoms with Gasteiger partial charge in [0.15, 0.2) is 11.5 Å². The fraction of sp³-hybridized carbons (Fsp3) is 0.667. The lowest BCUT2D eigenvalue weighted by Gasteiger charge is -2.20. The predicted octanol–water partition coefficient (Wildman–Crippen LogP) is 3.40. The molecule has 2 aliphatic carbocycles. The number of hydrogen-bond acceptors (Lipinski definition) is 3. The smallest absolute Gasteiger partial charge is 0.161 e. The number of rotatable bonds is 3. The topological polar surface area (TPSA) is 30.5 Å². The van der Waals surface area contributed by atoms with Crippen LogP contribution in [0.5, 0.6) is 11.5 Å². The molecular weight excluding hydrogens is 262 g/mol. The quantitative estimate of drug-likeness (QED) is 0.924. The Bertz CT molecular complexity index is 520. The van der Waals surface area contributed by atoms with E-state index < -0.39 is 0 Å². The fourth-order valence-corrected chi connectivity index (χ4v) is 4.42. The van der Waals surface area contributed by atoms with Gasteiger partial charge >= 0.3 is 0 Å². The summed E-state index contributed by atoms with van der Waals surface area (Å²) >= 11 is 0. The molecule has 0 amide bonds. The van der Waals surface area contributed by atoms with Gasteiger partial charge in [-0.25, -0.2) is 0 Å². The Kier molecular flexibility index (Phi) is 3.33. The fourth-order valence-electron chi connectivity index (χ4n) is 4.42. The molecule has 0 radical (unpaired) electrons. The Morgan fingerprint density at radius 3 is 2.52 bits per heavy atom. The van der Waals surface area contributed by atoms with Gasteiger partial charge in [0.2, 0.25) is 0 Å². The Labute approximate surface area is 127 Å². The third kappa shape index (κ3) is 2.32. The van der Waals surface area contributed by atoms with Gasteiger partial charge in [0, 0.05) is 12.0 Å². The first kappa shape index (κ1) is 13.4. The molecule has 1 aromatic rings. The predicted molar refractivity (Wildman–Crippen MR) is 82.7 cm³/mol. The van der Waals surface area contributed by atoms with E-state index in [2.05, 4.69) is 37.5 Å². The highest BCUT2D eigenvalue weighted by Crippen LogP contribution is 2.62. The lowest BCUT2D eigenvalue weighted by Crippen LogP contribution is -2.20. The first-order valence-electron chi connectivity index (χ1n) is 8.34. The molecule has 0 saturated heterocycles. The highest BCUT2D eigenvalue weighted by atomic mass is 16.5. The average molecular weight is 287 g/mol. The van der Waals surface area contributed by atoms with Crippen molar-refractivity contribution in [2.45, 2.75) is 32.2 Å². The monoisotopic (exact) mass is 287 g/mol. The molecule has 1 aliphatic heterocycles. The second-order valence-corrected chi connectivity index (χ2v) is 7.04. The summed E-state index contributed by atoms with van der Waals surface area (Å²) in [6.45, 7) is 3.65. The first-order chi connectivity index (χ1) is 10.3. The molecule has 0 aromatic heterocycles. The first-order valence-corrected chi connectivity index (χ1v) is 8.34. The van der Waals surface area contributed by atoms with E-state index in [0.29, 0.717) is 12.0 Å². The maximum atomic E-state index is 5.94. The zero-order valence-electron chi connectivity index (χ0n) is 13.0. The lowest BCUT2D eigenvalue weighted by atomic mass is 9.96. The maximum Gasteiger partial charge on any atom is 0.161 e. The molecule has 2 fully saturated rings. The molecule has 4 rings (SSSR count). The van der Waals surface area contributed by atoms with E-state index in [0.717, 1.165) is 42.5 Å². The molecule has 2 saturated carbocycles. The normalized spacial score (nSPS) is 35.0. The van der Waals surface area contributed by atoms with Gasteiger partial charge in [0.25, 0.3) is 0 Å². The average Bonchev–Trinajstić information content (AvgIpc) is 3.02. The molecule has 4 unspecified atom stereocenters. The highest BCUT2D eigenvalue weighted by Gasteiger charge is 2.55. The molecule has 114 valence electrons. The Hall–Kier alpha value is -1.22. The second-order valence-electron chi connectivity index (χ2n) is 7.04. The molecule has 21 heavy (non-hydrogen) atoms. The van der Waals surface area contributed by atoms with E-state index in [1.165, 1.54) is 24.8 Å². The minimum atomic E-state index is 0.448. The van der Waals surface area contributed by atoms with Gasteiger partial charge in [0.05, 0.1) is 13.2 Å². The molecular formula is C18H25NO2. The van der Waals surface area contributed by atoms with Crippen LogP contribution in [0, 0.1) is 23.7 Å². The minimum absolute atomic E-state index is 0.448. The zero-order chi connectivity index (χ0) is 14.4. The third-order valence-electron chi connectivity index (χ3n) is 5.54. The van der Waals surface area contributed by atoms with Crippen molar-refractivity contribution in [2.75, 3.05) is 20.3 Å². The van der Waals surface area contributed by atoms with Crippen LogP contribution >= 0.6 is 0 Å².